The van der Waals surface area contributed by atoms with Crippen LogP contribution in [0.2, 0.25) is 0 Å². The van der Waals surface area contributed by atoms with Gasteiger partial charge in [0.1, 0.15) is 18.1 Å². The van der Waals surface area contributed by atoms with Gasteiger partial charge in [0.2, 0.25) is 5.91 Å². The molecule has 4 atom stereocenters. The molecule has 124 valence electrons. The lowest BCUT2D eigenvalue weighted by Crippen LogP contribution is -2.55. The molecule has 23 heavy (non-hydrogen) atoms. The zero-order chi connectivity index (χ0) is 17.0. The highest BCUT2D eigenvalue weighted by atomic mass is 16.4. The normalized spacial score (nSPS) is 23.0. The van der Waals surface area contributed by atoms with Crippen LogP contribution in [0.15, 0.2) is 30.3 Å². The predicted molar refractivity (Wildman–Crippen MR) is 80.5 cm³/mol. The maximum absolute atomic E-state index is 12.2. The van der Waals surface area contributed by atoms with Crippen LogP contribution in [0.3, 0.4) is 0 Å². The first-order chi connectivity index (χ1) is 10.9. The third kappa shape index (κ3) is 4.05. The fourth-order valence-corrected chi connectivity index (χ4v) is 2.62. The molecule has 0 radical (unpaired) electrons. The molecule has 1 saturated heterocycles. The van der Waals surface area contributed by atoms with E-state index in [0.29, 0.717) is 18.4 Å². The van der Waals surface area contributed by atoms with Crippen LogP contribution in [0.25, 0.3) is 0 Å². The van der Waals surface area contributed by atoms with Gasteiger partial charge in [-0.2, -0.15) is 0 Å². The second kappa shape index (κ2) is 7.21. The Bertz CT molecular complexity index is 592. The number of carboxylic acid groups (broad SMARTS) is 2. The van der Waals surface area contributed by atoms with Crippen molar-refractivity contribution in [3.63, 3.8) is 0 Å². The van der Waals surface area contributed by atoms with Crippen LogP contribution in [0.1, 0.15) is 24.4 Å². The van der Waals surface area contributed by atoms with E-state index in [9.17, 15) is 19.5 Å². The average molecular weight is 321 g/mol. The van der Waals surface area contributed by atoms with Gasteiger partial charge in [-0.25, -0.2) is 4.79 Å². The van der Waals surface area contributed by atoms with Crippen LogP contribution in [0.4, 0.5) is 0 Å². The van der Waals surface area contributed by atoms with Crippen molar-refractivity contribution in [2.24, 2.45) is 5.73 Å². The molecule has 1 aromatic carbocycles. The second-order valence-corrected chi connectivity index (χ2v) is 5.45. The molecule has 0 aromatic heterocycles. The summed E-state index contributed by atoms with van der Waals surface area (Å²) in [4.78, 5) is 34.5. The van der Waals surface area contributed by atoms with E-state index in [1.54, 1.807) is 30.3 Å². The summed E-state index contributed by atoms with van der Waals surface area (Å²) in [7, 11) is 0. The highest BCUT2D eigenvalue weighted by Gasteiger charge is 2.38. The van der Waals surface area contributed by atoms with Crippen LogP contribution < -0.4 is 16.4 Å². The lowest BCUT2D eigenvalue weighted by Gasteiger charge is -2.23. The number of hydrogen-bond acceptors (Lipinski definition) is 5. The van der Waals surface area contributed by atoms with E-state index in [-0.39, 0.29) is 0 Å². The number of aliphatic carboxylic acids is 2. The predicted octanol–water partition coefficient (Wildman–Crippen LogP) is -0.539. The minimum atomic E-state index is -1.23. The second-order valence-electron chi connectivity index (χ2n) is 5.45. The Morgan fingerprint density at radius 1 is 1.17 bits per heavy atom. The third-order valence-electron chi connectivity index (χ3n) is 3.89. The first kappa shape index (κ1) is 16.9. The first-order valence-electron chi connectivity index (χ1n) is 7.22. The average Bonchev–Trinajstić information content (AvgIpc) is 3.02. The van der Waals surface area contributed by atoms with Gasteiger partial charge in [-0.05, 0) is 18.4 Å². The van der Waals surface area contributed by atoms with Crippen molar-refractivity contribution in [3.05, 3.63) is 35.9 Å². The highest BCUT2D eigenvalue weighted by Crippen LogP contribution is 2.17. The Kier molecular flexibility index (Phi) is 5.30. The van der Waals surface area contributed by atoms with Gasteiger partial charge in [-0.3, -0.25) is 14.9 Å². The summed E-state index contributed by atoms with van der Waals surface area (Å²) < 4.78 is 0. The molecule has 0 spiro atoms. The van der Waals surface area contributed by atoms with Crippen molar-refractivity contribution in [1.29, 1.82) is 0 Å². The summed E-state index contributed by atoms with van der Waals surface area (Å²) in [5, 5.41) is 23.4. The van der Waals surface area contributed by atoms with Crippen molar-refractivity contribution in [2.75, 3.05) is 0 Å². The number of nitrogens with one attached hydrogen (secondary N) is 2. The van der Waals surface area contributed by atoms with Crippen molar-refractivity contribution in [2.45, 2.75) is 37.0 Å². The Labute approximate surface area is 132 Å². The minimum absolute atomic E-state index is 0.310. The van der Waals surface area contributed by atoms with E-state index in [0.717, 1.165) is 0 Å². The molecule has 1 fully saturated rings. The number of amides is 1. The van der Waals surface area contributed by atoms with Crippen LogP contribution >= 0.6 is 0 Å². The number of carbonyl (C=O) groups is 3. The summed E-state index contributed by atoms with van der Waals surface area (Å²) in [5.74, 6) is -2.89. The van der Waals surface area contributed by atoms with E-state index in [2.05, 4.69) is 10.6 Å². The molecule has 1 unspecified atom stereocenters. The lowest BCUT2D eigenvalue weighted by molar-refractivity contribution is -0.143. The largest absolute Gasteiger partial charge is 0.480 e. The standard InChI is InChI=1S/C15H19N3O5/c16-11(8-4-2-1-3-5-8)13(19)18-12(15(22)23)9-6-7-10(17-9)14(20)21/h1-5,9-12,17H,6-7,16H2,(H,18,19)(H,20,21)(H,22,23)/t9-,10?,11-,12+/m1/s1. The van der Waals surface area contributed by atoms with Crippen LogP contribution in [-0.4, -0.2) is 46.2 Å². The zero-order valence-electron chi connectivity index (χ0n) is 12.3. The molecule has 0 bridgehead atoms. The quantitative estimate of drug-likeness (QED) is 0.473. The smallest absolute Gasteiger partial charge is 0.327 e. The fourth-order valence-electron chi connectivity index (χ4n) is 2.62. The Morgan fingerprint density at radius 2 is 1.83 bits per heavy atom. The molecule has 1 aromatic rings. The Balaban J connectivity index is 2.04. The summed E-state index contributed by atoms with van der Waals surface area (Å²) >= 11 is 0. The van der Waals surface area contributed by atoms with Gasteiger partial charge >= 0.3 is 11.9 Å². The van der Waals surface area contributed by atoms with Gasteiger partial charge < -0.3 is 21.3 Å². The van der Waals surface area contributed by atoms with E-state index in [4.69, 9.17) is 10.8 Å². The molecular formula is C15H19N3O5. The first-order valence-corrected chi connectivity index (χ1v) is 7.22. The van der Waals surface area contributed by atoms with Gasteiger partial charge in [0, 0.05) is 6.04 Å². The van der Waals surface area contributed by atoms with Crippen LogP contribution in [0.5, 0.6) is 0 Å². The van der Waals surface area contributed by atoms with Gasteiger partial charge in [0.15, 0.2) is 0 Å². The molecule has 0 saturated carbocycles. The SMILES string of the molecule is N[C@@H](C(=O)N[C@H](C(=O)O)[C@H]1CCC(C(=O)O)N1)c1ccccc1. The van der Waals surface area contributed by atoms with E-state index in [1.165, 1.54) is 0 Å². The highest BCUT2D eigenvalue weighted by molar-refractivity contribution is 5.88. The summed E-state index contributed by atoms with van der Waals surface area (Å²) in [6.45, 7) is 0. The Hall–Kier alpha value is -2.45. The number of hydrogen-bond donors (Lipinski definition) is 5. The summed E-state index contributed by atoms with van der Waals surface area (Å²) in [5.41, 5.74) is 6.41. The van der Waals surface area contributed by atoms with Gasteiger partial charge in [-0.1, -0.05) is 30.3 Å². The van der Waals surface area contributed by atoms with E-state index in [1.807, 2.05) is 0 Å². The number of benzene rings is 1. The van der Waals surface area contributed by atoms with Crippen molar-refractivity contribution in [3.8, 4) is 0 Å². The molecular weight excluding hydrogens is 302 g/mol. The topological polar surface area (TPSA) is 142 Å². The van der Waals surface area contributed by atoms with Gasteiger partial charge in [0.05, 0.1) is 0 Å². The molecule has 1 amide bonds. The third-order valence-corrected chi connectivity index (χ3v) is 3.89. The molecule has 2 rings (SSSR count). The molecule has 1 heterocycles. The van der Waals surface area contributed by atoms with Gasteiger partial charge in [0.25, 0.3) is 0 Å². The maximum Gasteiger partial charge on any atom is 0.327 e. The van der Waals surface area contributed by atoms with E-state index < -0.39 is 42.0 Å². The Morgan fingerprint density at radius 3 is 2.35 bits per heavy atom. The summed E-state index contributed by atoms with van der Waals surface area (Å²) in [6, 6.07) is 4.91. The molecule has 8 nitrogen and oxygen atoms in total. The van der Waals surface area contributed by atoms with Gasteiger partial charge in [-0.15, -0.1) is 0 Å². The number of carbonyl (C=O) groups excluding carboxylic acids is 1. The fraction of sp³-hybridized carbons (Fsp3) is 0.400. The van der Waals surface area contributed by atoms with Crippen molar-refractivity contribution in [1.82, 2.24) is 10.6 Å². The molecule has 6 N–H and O–H groups in total. The number of carboxylic acids is 2. The van der Waals surface area contributed by atoms with Crippen molar-refractivity contribution < 1.29 is 24.6 Å². The molecule has 8 heteroatoms. The van der Waals surface area contributed by atoms with Crippen molar-refractivity contribution >= 4 is 17.8 Å². The van der Waals surface area contributed by atoms with Crippen LogP contribution in [0, 0.1) is 0 Å². The zero-order valence-corrected chi connectivity index (χ0v) is 12.3. The molecule has 1 aliphatic heterocycles. The number of rotatable bonds is 6. The monoisotopic (exact) mass is 321 g/mol. The molecule has 0 aliphatic carbocycles. The summed E-state index contributed by atoms with van der Waals surface area (Å²) in [6.07, 6.45) is 0.652. The molecule has 1 aliphatic rings. The minimum Gasteiger partial charge on any atom is -0.480 e. The number of nitrogens with two attached hydrogens (primary N) is 1. The lowest BCUT2D eigenvalue weighted by atomic mass is 10.0. The van der Waals surface area contributed by atoms with E-state index >= 15 is 0 Å². The maximum atomic E-state index is 12.2. The van der Waals surface area contributed by atoms with Crippen LogP contribution in [-0.2, 0) is 14.4 Å².